The minimum atomic E-state index is -0.276. The highest BCUT2D eigenvalue weighted by atomic mass is 32.2. The molecule has 0 bridgehead atoms. The van der Waals surface area contributed by atoms with Gasteiger partial charge in [0.2, 0.25) is 11.0 Å². The van der Waals surface area contributed by atoms with Gasteiger partial charge in [-0.3, -0.25) is 10.1 Å². The first-order valence-corrected chi connectivity index (χ1v) is 8.29. The Bertz CT molecular complexity index is 686. The third-order valence-corrected chi connectivity index (χ3v) is 4.48. The van der Waals surface area contributed by atoms with Crippen molar-refractivity contribution in [3.05, 3.63) is 29.8 Å². The molecule has 0 aliphatic heterocycles. The lowest BCUT2D eigenvalue weighted by atomic mass is 10.1. The number of carbonyl (C=O) groups is 1. The van der Waals surface area contributed by atoms with Crippen LogP contribution in [0.1, 0.15) is 5.56 Å². The van der Waals surface area contributed by atoms with Crippen LogP contribution in [0.25, 0.3) is 6.08 Å². The first kappa shape index (κ1) is 16.3. The monoisotopic (exact) mass is 337 g/mol. The number of rotatable bonds is 6. The molecule has 1 amide bonds. The lowest BCUT2D eigenvalue weighted by molar-refractivity contribution is -0.111. The van der Waals surface area contributed by atoms with E-state index in [4.69, 9.17) is 9.47 Å². The zero-order valence-electron chi connectivity index (χ0n) is 12.3. The smallest absolute Gasteiger partial charge is 0.250 e. The van der Waals surface area contributed by atoms with Crippen LogP contribution in [-0.2, 0) is 4.79 Å². The predicted molar refractivity (Wildman–Crippen MR) is 88.9 cm³/mol. The Morgan fingerprint density at radius 1 is 1.32 bits per heavy atom. The van der Waals surface area contributed by atoms with E-state index in [0.717, 1.165) is 9.90 Å². The van der Waals surface area contributed by atoms with E-state index in [2.05, 4.69) is 15.5 Å². The Labute approximate surface area is 136 Å². The summed E-state index contributed by atoms with van der Waals surface area (Å²) in [4.78, 5) is 11.9. The number of nitrogens with one attached hydrogen (secondary N) is 1. The number of hydrogen-bond acceptors (Lipinski definition) is 7. The van der Waals surface area contributed by atoms with E-state index in [1.54, 1.807) is 32.4 Å². The molecule has 0 aliphatic rings. The number of hydrogen-bond donors (Lipinski definition) is 1. The fraction of sp³-hybridized carbons (Fsp3) is 0.214. The number of methoxy groups -OCH3 is 2. The van der Waals surface area contributed by atoms with Crippen molar-refractivity contribution in [1.29, 1.82) is 0 Å². The van der Waals surface area contributed by atoms with Crippen LogP contribution >= 0.6 is 23.1 Å². The SMILES string of the molecule is COc1ccc(/C=C/C(=O)Nc2nnc(SC)s2)c(OC)c1. The summed E-state index contributed by atoms with van der Waals surface area (Å²) in [5.41, 5.74) is 0.778. The van der Waals surface area contributed by atoms with Crippen molar-refractivity contribution in [2.24, 2.45) is 0 Å². The molecule has 1 aromatic heterocycles. The molecule has 8 heteroatoms. The second-order valence-corrected chi connectivity index (χ2v) is 6.04. The van der Waals surface area contributed by atoms with Crippen LogP contribution in [0.15, 0.2) is 28.6 Å². The number of ether oxygens (including phenoxy) is 2. The first-order valence-electron chi connectivity index (χ1n) is 6.25. The molecule has 2 rings (SSSR count). The lowest BCUT2D eigenvalue weighted by Gasteiger charge is -2.07. The molecular weight excluding hydrogens is 322 g/mol. The average Bonchev–Trinajstić information content (AvgIpc) is 3.00. The van der Waals surface area contributed by atoms with Crippen LogP contribution in [0.2, 0.25) is 0 Å². The van der Waals surface area contributed by atoms with Crippen molar-refractivity contribution < 1.29 is 14.3 Å². The summed E-state index contributed by atoms with van der Waals surface area (Å²) >= 11 is 2.81. The molecule has 0 unspecified atom stereocenters. The standard InChI is InChI=1S/C14H15N3O3S2/c1-19-10-6-4-9(11(8-10)20-2)5-7-12(18)15-13-16-17-14(21-3)22-13/h4-8H,1-3H3,(H,15,16,18)/b7-5+. The average molecular weight is 337 g/mol. The highest BCUT2D eigenvalue weighted by molar-refractivity contribution is 8.00. The highest BCUT2D eigenvalue weighted by Gasteiger charge is 2.06. The normalized spacial score (nSPS) is 10.7. The summed E-state index contributed by atoms with van der Waals surface area (Å²) in [6, 6.07) is 5.38. The van der Waals surface area contributed by atoms with Crippen molar-refractivity contribution in [3.63, 3.8) is 0 Å². The van der Waals surface area contributed by atoms with Crippen LogP contribution < -0.4 is 14.8 Å². The van der Waals surface area contributed by atoms with Gasteiger partial charge >= 0.3 is 0 Å². The third-order valence-electron chi connectivity index (χ3n) is 2.67. The van der Waals surface area contributed by atoms with Gasteiger partial charge in [-0.1, -0.05) is 23.1 Å². The van der Waals surface area contributed by atoms with Gasteiger partial charge < -0.3 is 9.47 Å². The van der Waals surface area contributed by atoms with E-state index >= 15 is 0 Å². The van der Waals surface area contributed by atoms with Crippen molar-refractivity contribution >= 4 is 40.2 Å². The van der Waals surface area contributed by atoms with Crippen molar-refractivity contribution in [2.75, 3.05) is 25.8 Å². The maximum atomic E-state index is 11.9. The second-order valence-electron chi connectivity index (χ2n) is 4.01. The van der Waals surface area contributed by atoms with E-state index in [0.29, 0.717) is 16.6 Å². The zero-order chi connectivity index (χ0) is 15.9. The van der Waals surface area contributed by atoms with Gasteiger partial charge in [-0.15, -0.1) is 10.2 Å². The minimum Gasteiger partial charge on any atom is -0.497 e. The number of thioether (sulfide) groups is 1. The van der Waals surface area contributed by atoms with Gasteiger partial charge in [0, 0.05) is 17.7 Å². The summed E-state index contributed by atoms with van der Waals surface area (Å²) in [6.45, 7) is 0. The Morgan fingerprint density at radius 3 is 2.77 bits per heavy atom. The van der Waals surface area contributed by atoms with E-state index in [-0.39, 0.29) is 5.91 Å². The van der Waals surface area contributed by atoms with Crippen LogP contribution in [0.4, 0.5) is 5.13 Å². The van der Waals surface area contributed by atoms with Gasteiger partial charge in [0.25, 0.3) is 0 Å². The number of nitrogens with zero attached hydrogens (tertiary/aromatic N) is 2. The third kappa shape index (κ3) is 4.22. The van der Waals surface area contributed by atoms with Gasteiger partial charge in [-0.2, -0.15) is 0 Å². The largest absolute Gasteiger partial charge is 0.497 e. The molecule has 0 atom stereocenters. The maximum Gasteiger partial charge on any atom is 0.250 e. The number of carbonyl (C=O) groups excluding carboxylic acids is 1. The topological polar surface area (TPSA) is 73.3 Å². The van der Waals surface area contributed by atoms with Crippen LogP contribution in [-0.4, -0.2) is 36.6 Å². The molecule has 2 aromatic rings. The Hall–Kier alpha value is -2.06. The Kier molecular flexibility index (Phi) is 5.79. The molecule has 0 saturated heterocycles. The molecule has 0 saturated carbocycles. The molecule has 0 spiro atoms. The van der Waals surface area contributed by atoms with E-state index in [1.807, 2.05) is 12.3 Å². The molecular formula is C14H15N3O3S2. The van der Waals surface area contributed by atoms with Crippen LogP contribution in [0.5, 0.6) is 11.5 Å². The zero-order valence-corrected chi connectivity index (χ0v) is 14.0. The fourth-order valence-corrected chi connectivity index (χ4v) is 2.78. The predicted octanol–water partition coefficient (Wildman–Crippen LogP) is 2.93. The molecule has 1 aromatic carbocycles. The van der Waals surface area contributed by atoms with Gasteiger partial charge in [0.15, 0.2) is 4.34 Å². The minimum absolute atomic E-state index is 0.276. The molecule has 0 fully saturated rings. The summed E-state index contributed by atoms with van der Waals surface area (Å²) in [5.74, 6) is 1.04. The molecule has 0 radical (unpaired) electrons. The highest BCUT2D eigenvalue weighted by Crippen LogP contribution is 2.26. The van der Waals surface area contributed by atoms with Crippen molar-refractivity contribution in [1.82, 2.24) is 10.2 Å². The van der Waals surface area contributed by atoms with Crippen LogP contribution in [0.3, 0.4) is 0 Å². The molecule has 22 heavy (non-hydrogen) atoms. The van der Waals surface area contributed by atoms with Gasteiger partial charge in [0.05, 0.1) is 14.2 Å². The Morgan fingerprint density at radius 2 is 2.14 bits per heavy atom. The first-order chi connectivity index (χ1) is 10.7. The van der Waals surface area contributed by atoms with Crippen molar-refractivity contribution in [3.8, 4) is 11.5 Å². The molecule has 116 valence electrons. The summed E-state index contributed by atoms with van der Waals surface area (Å²) in [7, 11) is 3.15. The second kappa shape index (κ2) is 7.81. The van der Waals surface area contributed by atoms with E-state index in [1.165, 1.54) is 29.2 Å². The number of aromatic nitrogens is 2. The van der Waals surface area contributed by atoms with Gasteiger partial charge in [0.1, 0.15) is 11.5 Å². The molecule has 6 nitrogen and oxygen atoms in total. The number of benzene rings is 1. The van der Waals surface area contributed by atoms with Crippen LogP contribution in [0, 0.1) is 0 Å². The number of anilines is 1. The summed E-state index contributed by atoms with van der Waals surface area (Å²) in [5, 5.41) is 10.9. The van der Waals surface area contributed by atoms with E-state index < -0.39 is 0 Å². The van der Waals surface area contributed by atoms with Gasteiger partial charge in [-0.05, 0) is 24.5 Å². The maximum absolute atomic E-state index is 11.9. The fourth-order valence-electron chi connectivity index (χ4n) is 1.61. The molecule has 0 aliphatic carbocycles. The molecule has 1 heterocycles. The van der Waals surface area contributed by atoms with Gasteiger partial charge in [-0.25, -0.2) is 0 Å². The molecule has 1 N–H and O–H groups in total. The Balaban J connectivity index is 2.05. The lowest BCUT2D eigenvalue weighted by Crippen LogP contribution is -2.07. The van der Waals surface area contributed by atoms with Crippen molar-refractivity contribution in [2.45, 2.75) is 4.34 Å². The van der Waals surface area contributed by atoms with E-state index in [9.17, 15) is 4.79 Å². The summed E-state index contributed by atoms with van der Waals surface area (Å²) < 4.78 is 11.2. The summed E-state index contributed by atoms with van der Waals surface area (Å²) in [6.07, 6.45) is 5.00. The quantitative estimate of drug-likeness (QED) is 0.496. The number of amides is 1.